The van der Waals surface area contributed by atoms with E-state index < -0.39 is 5.91 Å². The summed E-state index contributed by atoms with van der Waals surface area (Å²) < 4.78 is 5.13. The van der Waals surface area contributed by atoms with Crippen LogP contribution in [0.3, 0.4) is 0 Å². The zero-order valence-electron chi connectivity index (χ0n) is 15.1. The summed E-state index contributed by atoms with van der Waals surface area (Å²) in [6.07, 6.45) is 4.26. The second kappa shape index (κ2) is 7.91. The predicted octanol–water partition coefficient (Wildman–Crippen LogP) is 3.55. The van der Waals surface area contributed by atoms with E-state index in [0.717, 1.165) is 42.6 Å². The molecule has 0 fully saturated rings. The summed E-state index contributed by atoms with van der Waals surface area (Å²) >= 11 is 1.50. The largest absolute Gasteiger partial charge is 0.497 e. The van der Waals surface area contributed by atoms with Crippen molar-refractivity contribution in [3.8, 4) is 5.75 Å². The molecule has 1 aromatic carbocycles. The number of carbonyl (C=O) groups excluding carboxylic acids is 2. The smallest absolute Gasteiger partial charge is 0.251 e. The maximum Gasteiger partial charge on any atom is 0.251 e. The molecular weight excluding hydrogens is 348 g/mol. The number of fused-ring (bicyclic) bond motifs is 1. The average molecular weight is 372 g/mol. The van der Waals surface area contributed by atoms with Gasteiger partial charge >= 0.3 is 0 Å². The van der Waals surface area contributed by atoms with E-state index in [1.165, 1.54) is 16.2 Å². The Morgan fingerprint density at radius 1 is 1.31 bits per heavy atom. The van der Waals surface area contributed by atoms with Crippen LogP contribution in [0.15, 0.2) is 24.3 Å². The number of primary amides is 1. The Morgan fingerprint density at radius 2 is 2.04 bits per heavy atom. The molecule has 1 aromatic heterocycles. The summed E-state index contributed by atoms with van der Waals surface area (Å²) in [4.78, 5) is 25.6. The molecule has 3 rings (SSSR count). The zero-order chi connectivity index (χ0) is 18.7. The average Bonchev–Trinajstić information content (AvgIpc) is 2.99. The van der Waals surface area contributed by atoms with Gasteiger partial charge in [0.2, 0.25) is 5.91 Å². The van der Waals surface area contributed by atoms with Gasteiger partial charge in [0.15, 0.2) is 0 Å². The second-order valence-electron chi connectivity index (χ2n) is 6.66. The minimum absolute atomic E-state index is 0.150. The van der Waals surface area contributed by atoms with Gasteiger partial charge in [0.1, 0.15) is 10.8 Å². The van der Waals surface area contributed by atoms with E-state index in [1.54, 1.807) is 7.11 Å². The fraction of sp³-hybridized carbons (Fsp3) is 0.400. The molecule has 26 heavy (non-hydrogen) atoms. The van der Waals surface area contributed by atoms with Crippen molar-refractivity contribution < 1.29 is 14.3 Å². The molecule has 0 spiro atoms. The van der Waals surface area contributed by atoms with Gasteiger partial charge in [-0.1, -0.05) is 25.5 Å². The number of hydrogen-bond acceptors (Lipinski definition) is 4. The number of methoxy groups -OCH3 is 1. The van der Waals surface area contributed by atoms with Crippen molar-refractivity contribution in [1.82, 2.24) is 0 Å². The molecule has 0 saturated heterocycles. The van der Waals surface area contributed by atoms with Crippen molar-refractivity contribution in [3.63, 3.8) is 0 Å². The molecular formula is C20H24N2O3S. The minimum atomic E-state index is -0.461. The molecule has 1 atom stereocenters. The molecule has 6 heteroatoms. The summed E-state index contributed by atoms with van der Waals surface area (Å²) in [5.41, 5.74) is 8.04. The van der Waals surface area contributed by atoms with Gasteiger partial charge < -0.3 is 15.8 Å². The lowest BCUT2D eigenvalue weighted by atomic mass is 9.85. The summed E-state index contributed by atoms with van der Waals surface area (Å²) in [5.74, 6) is 0.784. The maximum atomic E-state index is 12.5. The minimum Gasteiger partial charge on any atom is -0.497 e. The molecule has 0 bridgehead atoms. The van der Waals surface area contributed by atoms with Crippen LogP contribution >= 0.6 is 11.3 Å². The number of anilines is 1. The van der Waals surface area contributed by atoms with Crippen molar-refractivity contribution in [2.24, 2.45) is 11.7 Å². The first kappa shape index (κ1) is 18.5. The highest BCUT2D eigenvalue weighted by molar-refractivity contribution is 7.17. The van der Waals surface area contributed by atoms with E-state index in [1.807, 2.05) is 24.3 Å². The molecule has 0 radical (unpaired) electrons. The number of thiophene rings is 1. The number of nitrogens with one attached hydrogen (secondary N) is 1. The van der Waals surface area contributed by atoms with Crippen molar-refractivity contribution in [1.29, 1.82) is 0 Å². The lowest BCUT2D eigenvalue weighted by Gasteiger charge is -2.20. The van der Waals surface area contributed by atoms with Crippen LogP contribution in [0.4, 0.5) is 5.00 Å². The third-order valence-electron chi connectivity index (χ3n) is 4.97. The number of nitrogens with two attached hydrogens (primary N) is 1. The van der Waals surface area contributed by atoms with Gasteiger partial charge in [-0.15, -0.1) is 11.3 Å². The Labute approximate surface area is 157 Å². The first-order valence-corrected chi connectivity index (χ1v) is 9.70. The third-order valence-corrected chi connectivity index (χ3v) is 6.14. The molecule has 5 nitrogen and oxygen atoms in total. The first-order valence-electron chi connectivity index (χ1n) is 8.88. The third kappa shape index (κ3) is 3.90. The Hall–Kier alpha value is -2.34. The molecule has 0 aliphatic heterocycles. The molecule has 0 saturated carbocycles. The summed E-state index contributed by atoms with van der Waals surface area (Å²) in [5, 5.41) is 3.50. The molecule has 2 amide bonds. The van der Waals surface area contributed by atoms with Crippen molar-refractivity contribution in [3.05, 3.63) is 45.8 Å². The van der Waals surface area contributed by atoms with E-state index in [2.05, 4.69) is 12.2 Å². The Kier molecular flexibility index (Phi) is 5.61. The predicted molar refractivity (Wildman–Crippen MR) is 104 cm³/mol. The standard InChI is InChI=1S/C20H24N2O3S/c1-3-12-6-9-15-16(10-12)26-20(18(15)19(21)24)22-17(23)11-13-4-7-14(25-2)8-5-13/h4-5,7-8,12H,3,6,9-11H2,1-2H3,(H2,21,24)(H,22,23)/t12-/m1/s1. The van der Waals surface area contributed by atoms with Gasteiger partial charge in [-0.2, -0.15) is 0 Å². The van der Waals surface area contributed by atoms with Crippen LogP contribution in [0, 0.1) is 5.92 Å². The summed E-state index contributed by atoms with van der Waals surface area (Å²) in [6.45, 7) is 2.19. The Morgan fingerprint density at radius 3 is 2.65 bits per heavy atom. The summed E-state index contributed by atoms with van der Waals surface area (Å²) in [7, 11) is 1.61. The van der Waals surface area contributed by atoms with Crippen LogP contribution in [0.2, 0.25) is 0 Å². The van der Waals surface area contributed by atoms with Crippen molar-refractivity contribution in [2.45, 2.75) is 39.0 Å². The van der Waals surface area contributed by atoms with E-state index in [0.29, 0.717) is 16.5 Å². The molecule has 1 aliphatic rings. The number of amides is 2. The van der Waals surface area contributed by atoms with E-state index >= 15 is 0 Å². The summed E-state index contributed by atoms with van der Waals surface area (Å²) in [6, 6.07) is 7.37. The number of hydrogen-bond donors (Lipinski definition) is 2. The van der Waals surface area contributed by atoms with Gasteiger partial charge in [-0.25, -0.2) is 0 Å². The topological polar surface area (TPSA) is 81.4 Å². The Balaban J connectivity index is 1.77. The van der Waals surface area contributed by atoms with Crippen LogP contribution in [0.1, 0.15) is 46.1 Å². The number of carbonyl (C=O) groups is 2. The first-order chi connectivity index (χ1) is 12.5. The molecule has 2 aromatic rings. The van der Waals surface area contributed by atoms with Crippen LogP contribution < -0.4 is 15.8 Å². The second-order valence-corrected chi connectivity index (χ2v) is 7.77. The maximum absolute atomic E-state index is 12.5. The van der Waals surface area contributed by atoms with Crippen LogP contribution in [0.5, 0.6) is 5.75 Å². The highest BCUT2D eigenvalue weighted by Crippen LogP contribution is 2.40. The highest BCUT2D eigenvalue weighted by atomic mass is 32.1. The van der Waals surface area contributed by atoms with E-state index in [4.69, 9.17) is 10.5 Å². The van der Waals surface area contributed by atoms with Gasteiger partial charge in [0.05, 0.1) is 19.1 Å². The molecule has 138 valence electrons. The molecule has 1 aliphatic carbocycles. The van der Waals surface area contributed by atoms with E-state index in [-0.39, 0.29) is 12.3 Å². The fourth-order valence-electron chi connectivity index (χ4n) is 3.45. The van der Waals surface area contributed by atoms with Crippen molar-refractivity contribution >= 4 is 28.2 Å². The molecule has 3 N–H and O–H groups in total. The van der Waals surface area contributed by atoms with Gasteiger partial charge in [-0.3, -0.25) is 9.59 Å². The number of benzene rings is 1. The van der Waals surface area contributed by atoms with E-state index in [9.17, 15) is 9.59 Å². The SMILES string of the molecule is CC[C@@H]1CCc2c(sc(NC(=O)Cc3ccc(OC)cc3)c2C(N)=O)C1. The Bertz CT molecular complexity index is 811. The van der Waals surface area contributed by atoms with Crippen molar-refractivity contribution in [2.75, 3.05) is 12.4 Å². The zero-order valence-corrected chi connectivity index (χ0v) is 15.9. The number of rotatable bonds is 6. The fourth-order valence-corrected chi connectivity index (χ4v) is 4.83. The monoisotopic (exact) mass is 372 g/mol. The number of ether oxygens (including phenoxy) is 1. The quantitative estimate of drug-likeness (QED) is 0.813. The normalized spacial score (nSPS) is 16.0. The van der Waals surface area contributed by atoms with Crippen LogP contribution in [0.25, 0.3) is 0 Å². The highest BCUT2D eigenvalue weighted by Gasteiger charge is 2.28. The van der Waals surface area contributed by atoms with Gasteiger partial charge in [0.25, 0.3) is 5.91 Å². The van der Waals surface area contributed by atoms with Crippen LogP contribution in [-0.4, -0.2) is 18.9 Å². The molecule has 1 heterocycles. The molecule has 0 unspecified atom stereocenters. The lowest BCUT2D eigenvalue weighted by molar-refractivity contribution is -0.115. The van der Waals surface area contributed by atoms with Gasteiger partial charge in [0, 0.05) is 4.88 Å². The van der Waals surface area contributed by atoms with Crippen LogP contribution in [-0.2, 0) is 24.1 Å². The van der Waals surface area contributed by atoms with Gasteiger partial charge in [-0.05, 0) is 48.4 Å². The lowest BCUT2D eigenvalue weighted by Crippen LogP contribution is -2.20.